The predicted octanol–water partition coefficient (Wildman–Crippen LogP) is 3.14. The van der Waals surface area contributed by atoms with Crippen LogP contribution in [0, 0.1) is 11.7 Å². The molecule has 0 atom stereocenters. The molecule has 0 unspecified atom stereocenters. The second-order valence-corrected chi connectivity index (χ2v) is 5.06. The Kier molecular flexibility index (Phi) is 4.14. The number of nitrogens with one attached hydrogen (secondary N) is 2. The number of H-pyrrole nitrogens is 1. The topological polar surface area (TPSA) is 62.7 Å². The van der Waals surface area contributed by atoms with Gasteiger partial charge in [0, 0.05) is 11.8 Å². The van der Waals surface area contributed by atoms with Crippen molar-refractivity contribution in [3.8, 4) is 5.69 Å². The van der Waals surface area contributed by atoms with Crippen molar-refractivity contribution >= 4 is 23.8 Å². The van der Waals surface area contributed by atoms with E-state index in [0.717, 1.165) is 17.1 Å². The summed E-state index contributed by atoms with van der Waals surface area (Å²) in [5.74, 6) is 0.623. The number of anilines is 1. The molecule has 0 saturated heterocycles. The molecule has 2 N–H and O–H groups in total. The van der Waals surface area contributed by atoms with Gasteiger partial charge in [0.2, 0.25) is 5.91 Å². The Labute approximate surface area is 122 Å². The summed E-state index contributed by atoms with van der Waals surface area (Å²) in [4.78, 5) is 11.7. The summed E-state index contributed by atoms with van der Waals surface area (Å²) in [6, 6.07) is 7.46. The van der Waals surface area contributed by atoms with Gasteiger partial charge in [0.15, 0.2) is 4.77 Å². The van der Waals surface area contributed by atoms with Gasteiger partial charge >= 0.3 is 0 Å². The number of rotatable bonds is 3. The highest BCUT2D eigenvalue weighted by Crippen LogP contribution is 2.16. The Morgan fingerprint density at radius 2 is 2.20 bits per heavy atom. The lowest BCUT2D eigenvalue weighted by Gasteiger charge is -2.07. The van der Waals surface area contributed by atoms with E-state index in [9.17, 15) is 4.79 Å². The molecule has 104 valence electrons. The maximum Gasteiger partial charge on any atom is 0.248 e. The highest BCUT2D eigenvalue weighted by Gasteiger charge is 2.05. The number of aromatic nitrogens is 3. The summed E-state index contributed by atoms with van der Waals surface area (Å²) in [6.45, 7) is 5.62. The van der Waals surface area contributed by atoms with E-state index in [2.05, 4.69) is 15.5 Å². The molecule has 2 rings (SSSR count). The van der Waals surface area contributed by atoms with Crippen molar-refractivity contribution in [3.05, 3.63) is 46.5 Å². The molecular formula is C14H16N4OS. The molecule has 0 aliphatic rings. The van der Waals surface area contributed by atoms with Crippen LogP contribution >= 0.6 is 12.2 Å². The molecule has 0 spiro atoms. The largest absolute Gasteiger partial charge is 0.322 e. The minimum atomic E-state index is -0.144. The highest BCUT2D eigenvalue weighted by molar-refractivity contribution is 7.71. The molecule has 2 aromatic rings. The van der Waals surface area contributed by atoms with E-state index in [-0.39, 0.29) is 5.91 Å². The van der Waals surface area contributed by atoms with E-state index in [4.69, 9.17) is 12.2 Å². The normalized spacial score (nSPS) is 10.2. The van der Waals surface area contributed by atoms with E-state index in [1.807, 2.05) is 49.6 Å². The molecule has 5 nitrogen and oxygen atoms in total. The van der Waals surface area contributed by atoms with Crippen LogP contribution in [-0.2, 0) is 4.79 Å². The third-order valence-corrected chi connectivity index (χ3v) is 2.91. The molecule has 0 bridgehead atoms. The number of allylic oxidation sites excluding steroid dienone is 1. The van der Waals surface area contributed by atoms with Gasteiger partial charge in [-0.3, -0.25) is 14.5 Å². The van der Waals surface area contributed by atoms with Crippen LogP contribution in [0.2, 0.25) is 0 Å². The number of amides is 1. The SMILES string of the molecule is CC(C)=CC(=O)Nc1cccc(-n2c(C)n[nH]c2=S)c1. The van der Waals surface area contributed by atoms with E-state index >= 15 is 0 Å². The minimum absolute atomic E-state index is 0.144. The van der Waals surface area contributed by atoms with Crippen molar-refractivity contribution in [2.24, 2.45) is 0 Å². The van der Waals surface area contributed by atoms with Crippen molar-refractivity contribution < 1.29 is 4.79 Å². The van der Waals surface area contributed by atoms with Gasteiger partial charge in [-0.2, -0.15) is 5.10 Å². The Balaban J connectivity index is 2.32. The predicted molar refractivity (Wildman–Crippen MR) is 81.5 cm³/mol. The summed E-state index contributed by atoms with van der Waals surface area (Å²) in [7, 11) is 0. The molecule has 20 heavy (non-hydrogen) atoms. The summed E-state index contributed by atoms with van der Waals surface area (Å²) in [5, 5.41) is 9.63. The Morgan fingerprint density at radius 1 is 1.45 bits per heavy atom. The Hall–Kier alpha value is -2.21. The number of aryl methyl sites for hydroxylation is 1. The van der Waals surface area contributed by atoms with Gasteiger partial charge in [-0.15, -0.1) is 0 Å². The van der Waals surface area contributed by atoms with Crippen LogP contribution in [0.1, 0.15) is 19.7 Å². The molecule has 0 aliphatic heterocycles. The van der Waals surface area contributed by atoms with Crippen molar-refractivity contribution in [2.75, 3.05) is 5.32 Å². The molecule has 0 radical (unpaired) electrons. The van der Waals surface area contributed by atoms with E-state index < -0.39 is 0 Å². The van der Waals surface area contributed by atoms with Crippen molar-refractivity contribution in [1.82, 2.24) is 14.8 Å². The van der Waals surface area contributed by atoms with Gasteiger partial charge in [0.25, 0.3) is 0 Å². The number of nitrogens with zero attached hydrogens (tertiary/aromatic N) is 2. The molecular weight excluding hydrogens is 272 g/mol. The fraction of sp³-hybridized carbons (Fsp3) is 0.214. The summed E-state index contributed by atoms with van der Waals surface area (Å²) < 4.78 is 2.33. The van der Waals surface area contributed by atoms with Crippen LogP contribution < -0.4 is 5.32 Å². The number of carbonyl (C=O) groups is 1. The first-order valence-electron chi connectivity index (χ1n) is 6.17. The number of carbonyl (C=O) groups excluding carboxylic acids is 1. The Bertz CT molecular complexity index is 723. The summed E-state index contributed by atoms with van der Waals surface area (Å²) in [6.07, 6.45) is 1.56. The second-order valence-electron chi connectivity index (χ2n) is 4.67. The minimum Gasteiger partial charge on any atom is -0.322 e. The van der Waals surface area contributed by atoms with E-state index in [1.165, 1.54) is 0 Å². The maximum absolute atomic E-state index is 11.7. The quantitative estimate of drug-likeness (QED) is 0.673. The number of aromatic amines is 1. The van der Waals surface area contributed by atoms with E-state index in [0.29, 0.717) is 10.5 Å². The third-order valence-electron chi connectivity index (χ3n) is 2.63. The molecule has 1 aromatic heterocycles. The lowest BCUT2D eigenvalue weighted by atomic mass is 10.2. The molecule has 1 aromatic carbocycles. The van der Waals surface area contributed by atoms with Crippen LogP contribution in [0.4, 0.5) is 5.69 Å². The molecule has 1 heterocycles. The monoisotopic (exact) mass is 288 g/mol. The zero-order valence-electron chi connectivity index (χ0n) is 11.6. The van der Waals surface area contributed by atoms with Crippen LogP contribution in [0.3, 0.4) is 0 Å². The maximum atomic E-state index is 11.7. The van der Waals surface area contributed by atoms with Crippen LogP contribution in [0.15, 0.2) is 35.9 Å². The van der Waals surface area contributed by atoms with E-state index in [1.54, 1.807) is 6.08 Å². The number of hydrogen-bond acceptors (Lipinski definition) is 3. The second kappa shape index (κ2) is 5.83. The molecule has 0 saturated carbocycles. The lowest BCUT2D eigenvalue weighted by molar-refractivity contribution is -0.111. The summed E-state index contributed by atoms with van der Waals surface area (Å²) in [5.41, 5.74) is 2.52. The highest BCUT2D eigenvalue weighted by atomic mass is 32.1. The summed E-state index contributed by atoms with van der Waals surface area (Å²) >= 11 is 5.19. The van der Waals surface area contributed by atoms with Crippen molar-refractivity contribution in [1.29, 1.82) is 0 Å². The first kappa shape index (κ1) is 14.2. The van der Waals surface area contributed by atoms with Gasteiger partial charge in [-0.05, 0) is 51.2 Å². The smallest absolute Gasteiger partial charge is 0.248 e. The van der Waals surface area contributed by atoms with Gasteiger partial charge in [0.1, 0.15) is 5.82 Å². The average molecular weight is 288 g/mol. The van der Waals surface area contributed by atoms with Crippen LogP contribution in [-0.4, -0.2) is 20.7 Å². The number of benzene rings is 1. The molecule has 1 amide bonds. The zero-order valence-corrected chi connectivity index (χ0v) is 12.4. The Morgan fingerprint density at radius 3 is 2.80 bits per heavy atom. The molecule has 0 aliphatic carbocycles. The first-order valence-corrected chi connectivity index (χ1v) is 6.58. The van der Waals surface area contributed by atoms with Crippen molar-refractivity contribution in [2.45, 2.75) is 20.8 Å². The third kappa shape index (κ3) is 3.21. The van der Waals surface area contributed by atoms with Crippen LogP contribution in [0.25, 0.3) is 5.69 Å². The standard InChI is InChI=1S/C14H16N4OS/c1-9(2)7-13(19)15-11-5-4-6-12(8-11)18-10(3)16-17-14(18)20/h4-8H,1-3H3,(H,15,19)(H,17,20). The number of hydrogen-bond donors (Lipinski definition) is 2. The first-order chi connectivity index (χ1) is 9.47. The van der Waals surface area contributed by atoms with Crippen LogP contribution in [0.5, 0.6) is 0 Å². The van der Waals surface area contributed by atoms with Crippen molar-refractivity contribution in [3.63, 3.8) is 0 Å². The van der Waals surface area contributed by atoms with Gasteiger partial charge in [0.05, 0.1) is 5.69 Å². The average Bonchev–Trinajstić information content (AvgIpc) is 2.68. The fourth-order valence-electron chi connectivity index (χ4n) is 1.84. The lowest BCUT2D eigenvalue weighted by Crippen LogP contribution is -2.09. The molecule has 6 heteroatoms. The van der Waals surface area contributed by atoms with Gasteiger partial charge < -0.3 is 5.32 Å². The van der Waals surface area contributed by atoms with Gasteiger partial charge in [-0.25, -0.2) is 0 Å². The van der Waals surface area contributed by atoms with Gasteiger partial charge in [-0.1, -0.05) is 11.6 Å². The fourth-order valence-corrected chi connectivity index (χ4v) is 2.13. The molecule has 0 fully saturated rings. The zero-order chi connectivity index (χ0) is 14.7.